The van der Waals surface area contributed by atoms with Crippen LogP contribution in [-0.4, -0.2) is 42.8 Å². The maximum atomic E-state index is 10.8. The molecule has 0 spiro atoms. The van der Waals surface area contributed by atoms with Crippen LogP contribution in [-0.2, 0) is 11.3 Å². The van der Waals surface area contributed by atoms with E-state index in [2.05, 4.69) is 4.90 Å². The summed E-state index contributed by atoms with van der Waals surface area (Å²) >= 11 is 0. The molecule has 19 heavy (non-hydrogen) atoms. The van der Waals surface area contributed by atoms with E-state index in [0.717, 1.165) is 31.7 Å². The molecule has 2 rings (SSSR count). The van der Waals surface area contributed by atoms with Gasteiger partial charge in [0.25, 0.3) is 0 Å². The van der Waals surface area contributed by atoms with Gasteiger partial charge < -0.3 is 19.2 Å². The first-order valence-electron chi connectivity index (χ1n) is 6.65. The van der Waals surface area contributed by atoms with Crippen molar-refractivity contribution in [1.82, 2.24) is 4.90 Å². The molecule has 5 heteroatoms. The average Bonchev–Trinajstić information content (AvgIpc) is 2.72. The third-order valence-corrected chi connectivity index (χ3v) is 3.50. The molecule has 0 aromatic carbocycles. The van der Waals surface area contributed by atoms with Gasteiger partial charge in [0.15, 0.2) is 0 Å². The Balaban J connectivity index is 1.90. The molecule has 2 heterocycles. The second kappa shape index (κ2) is 6.21. The highest BCUT2D eigenvalue weighted by Gasteiger charge is 2.18. The van der Waals surface area contributed by atoms with Gasteiger partial charge in [0.1, 0.15) is 5.76 Å². The first kappa shape index (κ1) is 14.1. The number of carboxylic acids is 1. The predicted molar refractivity (Wildman–Crippen MR) is 70.3 cm³/mol. The van der Waals surface area contributed by atoms with Crippen molar-refractivity contribution in [2.75, 3.05) is 26.8 Å². The Labute approximate surface area is 113 Å². The predicted octanol–water partition coefficient (Wildman–Crippen LogP) is 2.14. The number of nitrogens with zero attached hydrogens (tertiary/aromatic N) is 1. The number of aryl methyl sites for hydroxylation is 1. The van der Waals surface area contributed by atoms with Gasteiger partial charge in [-0.05, 0) is 38.8 Å². The fourth-order valence-corrected chi connectivity index (χ4v) is 2.53. The average molecular weight is 267 g/mol. The van der Waals surface area contributed by atoms with Crippen LogP contribution in [0.5, 0.6) is 0 Å². The Morgan fingerprint density at radius 3 is 2.95 bits per heavy atom. The van der Waals surface area contributed by atoms with Gasteiger partial charge in [-0.15, -0.1) is 0 Å². The van der Waals surface area contributed by atoms with Gasteiger partial charge in [-0.1, -0.05) is 0 Å². The van der Waals surface area contributed by atoms with Crippen molar-refractivity contribution in [2.45, 2.75) is 26.3 Å². The Bertz CT molecular complexity index is 435. The van der Waals surface area contributed by atoms with Crippen LogP contribution in [0.4, 0.5) is 0 Å². The van der Waals surface area contributed by atoms with Gasteiger partial charge in [0.2, 0.25) is 5.76 Å². The second-order valence-electron chi connectivity index (χ2n) is 5.28. The molecule has 0 amide bonds. The smallest absolute Gasteiger partial charge is 0.371 e. The first-order chi connectivity index (χ1) is 9.06. The van der Waals surface area contributed by atoms with E-state index in [1.165, 1.54) is 6.42 Å². The zero-order valence-electron chi connectivity index (χ0n) is 11.5. The lowest BCUT2D eigenvalue weighted by Gasteiger charge is -2.26. The number of rotatable bonds is 5. The van der Waals surface area contributed by atoms with Crippen LogP contribution in [0.25, 0.3) is 0 Å². The highest BCUT2D eigenvalue weighted by atomic mass is 16.5. The van der Waals surface area contributed by atoms with Crippen LogP contribution in [0.15, 0.2) is 10.5 Å². The van der Waals surface area contributed by atoms with E-state index in [0.29, 0.717) is 18.2 Å². The van der Waals surface area contributed by atoms with Crippen molar-refractivity contribution >= 4 is 5.97 Å². The van der Waals surface area contributed by atoms with Crippen molar-refractivity contribution in [3.63, 3.8) is 0 Å². The standard InChI is InChI=1S/C14H21NO4/c1-10-12(6-13(19-10)14(16)17)8-15(2)7-11-4-3-5-18-9-11/h6,11H,3-5,7-9H2,1-2H3,(H,16,17). The van der Waals surface area contributed by atoms with E-state index in [1.54, 1.807) is 13.0 Å². The molecule has 1 aromatic heterocycles. The molecule has 1 aromatic rings. The van der Waals surface area contributed by atoms with Crippen molar-refractivity contribution < 1.29 is 19.1 Å². The van der Waals surface area contributed by atoms with Crippen molar-refractivity contribution in [3.05, 3.63) is 23.2 Å². The number of carbonyl (C=O) groups is 1. The van der Waals surface area contributed by atoms with Crippen LogP contribution >= 0.6 is 0 Å². The normalized spacial score (nSPS) is 19.8. The van der Waals surface area contributed by atoms with Crippen LogP contribution in [0.1, 0.15) is 34.7 Å². The molecule has 1 unspecified atom stereocenters. The number of carboxylic acid groups (broad SMARTS) is 1. The summed E-state index contributed by atoms with van der Waals surface area (Å²) in [5.74, 6) is 0.258. The van der Waals surface area contributed by atoms with E-state index in [4.69, 9.17) is 14.3 Å². The molecule has 0 bridgehead atoms. The molecule has 1 N–H and O–H groups in total. The fourth-order valence-electron chi connectivity index (χ4n) is 2.53. The van der Waals surface area contributed by atoms with E-state index in [1.807, 2.05) is 7.05 Å². The van der Waals surface area contributed by atoms with Crippen molar-refractivity contribution in [2.24, 2.45) is 5.92 Å². The van der Waals surface area contributed by atoms with Gasteiger partial charge in [0.05, 0.1) is 6.61 Å². The Morgan fingerprint density at radius 1 is 1.58 bits per heavy atom. The Morgan fingerprint density at radius 2 is 2.37 bits per heavy atom. The zero-order chi connectivity index (χ0) is 13.8. The van der Waals surface area contributed by atoms with E-state index < -0.39 is 5.97 Å². The molecular formula is C14H21NO4. The number of ether oxygens (including phenoxy) is 1. The van der Waals surface area contributed by atoms with Gasteiger partial charge in [-0.2, -0.15) is 0 Å². The first-order valence-corrected chi connectivity index (χ1v) is 6.65. The maximum absolute atomic E-state index is 10.8. The number of furan rings is 1. The molecule has 1 saturated heterocycles. The highest BCUT2D eigenvalue weighted by Crippen LogP contribution is 2.19. The minimum Gasteiger partial charge on any atom is -0.475 e. The molecule has 0 radical (unpaired) electrons. The monoisotopic (exact) mass is 267 g/mol. The van der Waals surface area contributed by atoms with Gasteiger partial charge in [0, 0.05) is 25.3 Å². The quantitative estimate of drug-likeness (QED) is 0.885. The molecule has 106 valence electrons. The summed E-state index contributed by atoms with van der Waals surface area (Å²) in [6.45, 7) is 5.18. The molecular weight excluding hydrogens is 246 g/mol. The molecule has 1 aliphatic rings. The third kappa shape index (κ3) is 3.81. The van der Waals surface area contributed by atoms with E-state index >= 15 is 0 Å². The molecule has 1 fully saturated rings. The minimum absolute atomic E-state index is 0.0156. The van der Waals surface area contributed by atoms with E-state index in [-0.39, 0.29) is 5.76 Å². The summed E-state index contributed by atoms with van der Waals surface area (Å²) < 4.78 is 10.7. The van der Waals surface area contributed by atoms with Crippen LogP contribution in [0.2, 0.25) is 0 Å². The maximum Gasteiger partial charge on any atom is 0.371 e. The highest BCUT2D eigenvalue weighted by molar-refractivity contribution is 5.84. The third-order valence-electron chi connectivity index (χ3n) is 3.50. The molecule has 0 saturated carbocycles. The summed E-state index contributed by atoms with van der Waals surface area (Å²) in [6, 6.07) is 1.62. The lowest BCUT2D eigenvalue weighted by Crippen LogP contribution is -2.30. The minimum atomic E-state index is -1.02. The zero-order valence-corrected chi connectivity index (χ0v) is 11.5. The topological polar surface area (TPSA) is 62.9 Å². The molecule has 1 atom stereocenters. The summed E-state index contributed by atoms with van der Waals surface area (Å²) in [6.07, 6.45) is 2.33. The second-order valence-corrected chi connectivity index (χ2v) is 5.28. The van der Waals surface area contributed by atoms with Gasteiger partial charge in [-0.3, -0.25) is 0 Å². The van der Waals surface area contributed by atoms with E-state index in [9.17, 15) is 4.79 Å². The summed E-state index contributed by atoms with van der Waals surface area (Å²) in [7, 11) is 2.04. The number of hydrogen-bond acceptors (Lipinski definition) is 4. The lowest BCUT2D eigenvalue weighted by atomic mass is 10.0. The van der Waals surface area contributed by atoms with Gasteiger partial charge in [-0.25, -0.2) is 4.79 Å². The molecule has 0 aliphatic carbocycles. The Hall–Kier alpha value is -1.33. The Kier molecular flexibility index (Phi) is 4.61. The van der Waals surface area contributed by atoms with Crippen molar-refractivity contribution in [1.29, 1.82) is 0 Å². The summed E-state index contributed by atoms with van der Waals surface area (Å²) in [4.78, 5) is 13.0. The summed E-state index contributed by atoms with van der Waals surface area (Å²) in [5, 5.41) is 8.89. The van der Waals surface area contributed by atoms with Gasteiger partial charge >= 0.3 is 5.97 Å². The van der Waals surface area contributed by atoms with Crippen LogP contribution in [0.3, 0.4) is 0 Å². The number of aromatic carboxylic acids is 1. The van der Waals surface area contributed by atoms with Crippen molar-refractivity contribution in [3.8, 4) is 0 Å². The lowest BCUT2D eigenvalue weighted by molar-refractivity contribution is 0.0411. The molecule has 5 nitrogen and oxygen atoms in total. The fraction of sp³-hybridized carbons (Fsp3) is 0.643. The largest absolute Gasteiger partial charge is 0.475 e. The van der Waals surface area contributed by atoms with Crippen LogP contribution in [0, 0.1) is 12.8 Å². The van der Waals surface area contributed by atoms with Crippen LogP contribution < -0.4 is 0 Å². The number of hydrogen-bond donors (Lipinski definition) is 1. The summed E-state index contributed by atoms with van der Waals surface area (Å²) in [5.41, 5.74) is 0.941. The molecule has 1 aliphatic heterocycles. The SMILES string of the molecule is Cc1oc(C(=O)O)cc1CN(C)CC1CCCOC1.